The van der Waals surface area contributed by atoms with Gasteiger partial charge < -0.3 is 10.2 Å². The van der Waals surface area contributed by atoms with Crippen molar-refractivity contribution < 1.29 is 19.3 Å². The van der Waals surface area contributed by atoms with Crippen LogP contribution in [0.2, 0.25) is 0 Å². The molecule has 2 aromatic heterocycles. The van der Waals surface area contributed by atoms with Crippen molar-refractivity contribution in [3.8, 4) is 11.5 Å². The molecule has 1 aliphatic rings. The topological polar surface area (TPSA) is 58.1 Å². The van der Waals surface area contributed by atoms with Crippen molar-refractivity contribution in [3.63, 3.8) is 0 Å². The minimum absolute atomic E-state index is 0.111. The van der Waals surface area contributed by atoms with Gasteiger partial charge in [0.05, 0.1) is 27.2 Å². The van der Waals surface area contributed by atoms with Crippen molar-refractivity contribution in [2.24, 2.45) is 14.1 Å². The number of aryl methyl sites for hydroxylation is 4. The van der Waals surface area contributed by atoms with Crippen LogP contribution < -0.4 is 9.13 Å². The Hall–Kier alpha value is -5.10. The molecule has 0 unspecified atom stereocenters. The summed E-state index contributed by atoms with van der Waals surface area (Å²) in [6.07, 6.45) is 16.8. The lowest BCUT2D eigenvalue weighted by atomic mass is 9.77. The summed E-state index contributed by atoms with van der Waals surface area (Å²) in [5.74, 6) is 0.805. The van der Waals surface area contributed by atoms with Crippen LogP contribution in [0.15, 0.2) is 86.0 Å². The van der Waals surface area contributed by atoms with E-state index >= 15 is 0 Å². The van der Waals surface area contributed by atoms with E-state index in [2.05, 4.69) is 201 Å². The Morgan fingerprint density at radius 2 is 0.661 bits per heavy atom. The molecule has 0 atom stereocenters. The molecule has 0 saturated heterocycles. The molecule has 2 heterocycles. The SMILES string of the molecule is C[n+]1ccn(CCc2c3cc(C(C)(C)C)cc2Cc2cc(C(C)(C)C)cc(c2O)Cc2cc(C(C)(C)C)cc(c2CCn2cc[n+](C)c2)Cc2cc(C(C)(C)C)cc(c2O)C3)c1. The molecular weight excluding hydrogens is 761 g/mol. The molecule has 6 aromatic rings. The third kappa shape index (κ3) is 9.90. The zero-order chi connectivity index (χ0) is 45.1. The molecule has 62 heavy (non-hydrogen) atoms. The maximum absolute atomic E-state index is 12.7. The summed E-state index contributed by atoms with van der Waals surface area (Å²) in [6.45, 7) is 29.1. The first-order valence-corrected chi connectivity index (χ1v) is 22.9. The molecule has 0 fully saturated rings. The van der Waals surface area contributed by atoms with Gasteiger partial charge in [-0.05, 0) is 99.5 Å². The third-order valence-corrected chi connectivity index (χ3v) is 13.3. The first-order chi connectivity index (χ1) is 28.8. The Morgan fingerprint density at radius 1 is 0.419 bits per heavy atom. The maximum atomic E-state index is 12.7. The average molecular weight is 835 g/mol. The summed E-state index contributed by atoms with van der Waals surface area (Å²) in [5, 5.41) is 25.3. The smallest absolute Gasteiger partial charge is 0.243 e. The van der Waals surface area contributed by atoms with Crippen molar-refractivity contribution in [1.82, 2.24) is 9.13 Å². The number of benzene rings is 4. The first-order valence-electron chi connectivity index (χ1n) is 22.9. The molecule has 0 radical (unpaired) electrons. The van der Waals surface area contributed by atoms with Crippen LogP contribution in [-0.4, -0.2) is 19.3 Å². The number of hydrogen-bond donors (Lipinski definition) is 2. The molecule has 0 amide bonds. The number of aromatic nitrogens is 4. The molecule has 0 aliphatic heterocycles. The maximum Gasteiger partial charge on any atom is 0.243 e. The van der Waals surface area contributed by atoms with Gasteiger partial charge in [-0.15, -0.1) is 0 Å². The van der Waals surface area contributed by atoms with Crippen molar-refractivity contribution in [3.05, 3.63) is 164 Å². The molecule has 7 rings (SSSR count). The summed E-state index contributed by atoms with van der Waals surface area (Å²) >= 11 is 0. The fourth-order valence-corrected chi connectivity index (χ4v) is 9.23. The van der Waals surface area contributed by atoms with Gasteiger partial charge in [0.15, 0.2) is 0 Å². The molecular formula is C56H74N4O2+2. The van der Waals surface area contributed by atoms with Gasteiger partial charge in [-0.3, -0.25) is 0 Å². The quantitative estimate of drug-likeness (QED) is 0.164. The fourth-order valence-electron chi connectivity index (χ4n) is 9.23. The van der Waals surface area contributed by atoms with Crippen molar-refractivity contribution in [1.29, 1.82) is 0 Å². The van der Waals surface area contributed by atoms with Crippen LogP contribution in [0.4, 0.5) is 0 Å². The lowest BCUT2D eigenvalue weighted by Crippen LogP contribution is -2.24. The highest BCUT2D eigenvalue weighted by atomic mass is 16.3. The summed E-state index contributed by atoms with van der Waals surface area (Å²) in [4.78, 5) is 0. The Bertz CT molecular complexity index is 2330. The lowest BCUT2D eigenvalue weighted by Gasteiger charge is -2.28. The number of nitrogens with zero attached hydrogens (tertiary/aromatic N) is 4. The zero-order valence-corrected chi connectivity index (χ0v) is 40.4. The van der Waals surface area contributed by atoms with Gasteiger partial charge in [0.1, 0.15) is 36.3 Å². The Morgan fingerprint density at radius 3 is 0.871 bits per heavy atom. The predicted octanol–water partition coefficient (Wildman–Crippen LogP) is 10.7. The van der Waals surface area contributed by atoms with Gasteiger partial charge in [0.25, 0.3) is 0 Å². The van der Waals surface area contributed by atoms with Crippen LogP contribution in [-0.2, 0) is 87.4 Å². The second-order valence-electron chi connectivity index (χ2n) is 22.7. The highest BCUT2D eigenvalue weighted by molar-refractivity contribution is 5.57. The number of imidazole rings is 2. The van der Waals surface area contributed by atoms with Crippen LogP contribution >= 0.6 is 0 Å². The fraction of sp³-hybridized carbons (Fsp3) is 0.464. The second-order valence-corrected chi connectivity index (χ2v) is 22.7. The van der Waals surface area contributed by atoms with Crippen LogP contribution in [0.25, 0.3) is 0 Å². The molecule has 1 aliphatic carbocycles. The summed E-state index contributed by atoms with van der Waals surface area (Å²) in [7, 11) is 4.13. The summed E-state index contributed by atoms with van der Waals surface area (Å²) in [5.41, 5.74) is 16.0. The number of phenolic OH excluding ortho intramolecular Hbond substituents is 2. The normalized spacial score (nSPS) is 13.8. The minimum atomic E-state index is -0.126. The zero-order valence-electron chi connectivity index (χ0n) is 40.4. The molecule has 6 heteroatoms. The summed E-state index contributed by atoms with van der Waals surface area (Å²) in [6, 6.07) is 18.7. The molecule has 6 nitrogen and oxygen atoms in total. The third-order valence-electron chi connectivity index (χ3n) is 13.3. The highest BCUT2D eigenvalue weighted by Gasteiger charge is 2.28. The van der Waals surface area contributed by atoms with E-state index in [0.717, 1.165) is 48.2 Å². The number of phenols is 2. The second kappa shape index (κ2) is 16.5. The van der Waals surface area contributed by atoms with Crippen LogP contribution in [0, 0.1) is 0 Å². The number of aromatic hydroxyl groups is 2. The van der Waals surface area contributed by atoms with E-state index in [0.29, 0.717) is 37.2 Å². The summed E-state index contributed by atoms with van der Waals surface area (Å²) < 4.78 is 8.71. The Balaban J connectivity index is 1.55. The van der Waals surface area contributed by atoms with E-state index < -0.39 is 0 Å². The number of rotatable bonds is 6. The van der Waals surface area contributed by atoms with Gasteiger partial charge in [0, 0.05) is 38.5 Å². The molecule has 2 N–H and O–H groups in total. The minimum Gasteiger partial charge on any atom is -0.507 e. The first kappa shape index (κ1) is 44.9. The van der Waals surface area contributed by atoms with Gasteiger partial charge in [-0.2, -0.15) is 0 Å². The van der Waals surface area contributed by atoms with Gasteiger partial charge in [-0.1, -0.05) is 132 Å². The van der Waals surface area contributed by atoms with E-state index in [1.807, 2.05) is 0 Å². The molecule has 4 aromatic carbocycles. The van der Waals surface area contributed by atoms with Gasteiger partial charge in [0.2, 0.25) is 12.7 Å². The van der Waals surface area contributed by atoms with E-state index in [-0.39, 0.29) is 21.7 Å². The standard InChI is InChI=1S/C56H72N4O2/c1-53(2,3)45-27-37-23-41-31-47(55(7,8)9)33-43(51(41)61)25-39-29-46(54(4,5)6)30-40(50(39)16-18-60-22-20-58(14)36-60)26-44-34-48(56(10,11)12)32-42(52(44)62)24-38(28-45)49(37)15-17-59-21-19-57(13)35-59/h19-22,27-36H,15-18,23-26H2,1-14H3/p+2. The highest BCUT2D eigenvalue weighted by Crippen LogP contribution is 2.41. The Kier molecular flexibility index (Phi) is 12.0. The number of fused-ring (bicyclic) bond motifs is 8. The van der Waals surface area contributed by atoms with Crippen LogP contribution in [0.1, 0.15) is 161 Å². The van der Waals surface area contributed by atoms with E-state index in [9.17, 15) is 10.2 Å². The van der Waals surface area contributed by atoms with E-state index in [4.69, 9.17) is 0 Å². The molecule has 0 spiro atoms. The molecule has 0 saturated carbocycles. The largest absolute Gasteiger partial charge is 0.507 e. The van der Waals surface area contributed by atoms with Crippen molar-refractivity contribution >= 4 is 0 Å². The lowest BCUT2D eigenvalue weighted by molar-refractivity contribution is -0.671. The monoisotopic (exact) mass is 835 g/mol. The van der Waals surface area contributed by atoms with Crippen LogP contribution in [0.5, 0.6) is 11.5 Å². The predicted molar refractivity (Wildman–Crippen MR) is 254 cm³/mol. The number of hydrogen-bond acceptors (Lipinski definition) is 2. The van der Waals surface area contributed by atoms with Crippen molar-refractivity contribution in [2.45, 2.75) is 156 Å². The van der Waals surface area contributed by atoms with Gasteiger partial charge in [-0.25, -0.2) is 18.3 Å². The molecule has 328 valence electrons. The Labute approximate surface area is 372 Å². The van der Waals surface area contributed by atoms with Crippen LogP contribution in [0.3, 0.4) is 0 Å². The average Bonchev–Trinajstić information content (AvgIpc) is 3.78. The van der Waals surface area contributed by atoms with Gasteiger partial charge >= 0.3 is 0 Å². The van der Waals surface area contributed by atoms with Crippen molar-refractivity contribution in [2.75, 3.05) is 0 Å². The van der Waals surface area contributed by atoms with E-state index in [1.54, 1.807) is 0 Å². The molecule has 8 bridgehead atoms. The van der Waals surface area contributed by atoms with E-state index in [1.165, 1.54) is 55.6 Å².